The predicted molar refractivity (Wildman–Crippen MR) is 78.8 cm³/mol. The molecule has 1 saturated heterocycles. The lowest BCUT2D eigenvalue weighted by Crippen LogP contribution is -2.46. The molecule has 2 aliphatic rings. The Labute approximate surface area is 114 Å². The number of hydrogen-bond acceptors (Lipinski definition) is 2. The van der Waals surface area contributed by atoms with Crippen molar-refractivity contribution in [3.8, 4) is 0 Å². The molecule has 2 rings (SSSR count). The van der Waals surface area contributed by atoms with Crippen LogP contribution in [0.5, 0.6) is 0 Å². The van der Waals surface area contributed by atoms with Crippen molar-refractivity contribution in [3.05, 3.63) is 0 Å². The topological polar surface area (TPSA) is 15.3 Å². The van der Waals surface area contributed by atoms with Gasteiger partial charge in [-0.2, -0.15) is 0 Å². The Morgan fingerprint density at radius 3 is 2.39 bits per heavy atom. The second-order valence-electron chi connectivity index (χ2n) is 6.83. The summed E-state index contributed by atoms with van der Waals surface area (Å²) in [5.41, 5.74) is 0. The lowest BCUT2D eigenvalue weighted by atomic mass is 9.78. The van der Waals surface area contributed by atoms with Crippen LogP contribution in [0.15, 0.2) is 0 Å². The van der Waals surface area contributed by atoms with Crippen molar-refractivity contribution in [1.82, 2.24) is 10.2 Å². The summed E-state index contributed by atoms with van der Waals surface area (Å²) >= 11 is 0. The van der Waals surface area contributed by atoms with Crippen molar-refractivity contribution < 1.29 is 0 Å². The molecule has 1 saturated carbocycles. The normalized spacial score (nSPS) is 35.8. The third-order valence-corrected chi connectivity index (χ3v) is 5.31. The van der Waals surface area contributed by atoms with E-state index in [1.54, 1.807) is 0 Å². The van der Waals surface area contributed by atoms with Gasteiger partial charge in [-0.1, -0.05) is 13.8 Å². The van der Waals surface area contributed by atoms with E-state index in [-0.39, 0.29) is 0 Å². The first-order valence-electron chi connectivity index (χ1n) is 8.09. The molecule has 0 bridgehead atoms. The summed E-state index contributed by atoms with van der Waals surface area (Å²) in [7, 11) is 2.07. The van der Waals surface area contributed by atoms with Gasteiger partial charge in [0.1, 0.15) is 0 Å². The second-order valence-corrected chi connectivity index (χ2v) is 6.83. The van der Waals surface area contributed by atoms with Gasteiger partial charge in [-0.3, -0.25) is 0 Å². The van der Waals surface area contributed by atoms with Crippen LogP contribution in [0, 0.1) is 17.8 Å². The first-order chi connectivity index (χ1) is 8.70. The molecule has 2 fully saturated rings. The molecule has 2 nitrogen and oxygen atoms in total. The first kappa shape index (κ1) is 14.3. The van der Waals surface area contributed by atoms with Gasteiger partial charge >= 0.3 is 0 Å². The zero-order valence-electron chi connectivity index (χ0n) is 12.6. The number of rotatable bonds is 4. The second kappa shape index (κ2) is 6.91. The van der Waals surface area contributed by atoms with E-state index < -0.39 is 0 Å². The summed E-state index contributed by atoms with van der Waals surface area (Å²) in [6.45, 7) is 8.82. The largest absolute Gasteiger partial charge is 0.320 e. The highest BCUT2D eigenvalue weighted by Crippen LogP contribution is 2.34. The van der Waals surface area contributed by atoms with Crippen molar-refractivity contribution in [3.63, 3.8) is 0 Å². The summed E-state index contributed by atoms with van der Waals surface area (Å²) in [6.07, 6.45) is 8.59. The van der Waals surface area contributed by atoms with Crippen molar-refractivity contribution in [2.75, 3.05) is 26.7 Å². The molecule has 0 amide bonds. The van der Waals surface area contributed by atoms with Gasteiger partial charge in [0, 0.05) is 6.04 Å². The van der Waals surface area contributed by atoms with E-state index in [0.29, 0.717) is 0 Å². The molecule has 3 atom stereocenters. The smallest absolute Gasteiger partial charge is 0.0121 e. The minimum atomic E-state index is 0.895. The third-order valence-electron chi connectivity index (χ3n) is 5.31. The van der Waals surface area contributed by atoms with Crippen LogP contribution in [0.4, 0.5) is 0 Å². The maximum atomic E-state index is 3.29. The van der Waals surface area contributed by atoms with Gasteiger partial charge in [0.05, 0.1) is 0 Å². The Hall–Kier alpha value is -0.0800. The lowest BCUT2D eigenvalue weighted by molar-refractivity contribution is 0.0605. The number of nitrogens with zero attached hydrogens (tertiary/aromatic N) is 1. The van der Waals surface area contributed by atoms with E-state index in [2.05, 4.69) is 31.1 Å². The highest BCUT2D eigenvalue weighted by Gasteiger charge is 2.31. The summed E-state index contributed by atoms with van der Waals surface area (Å²) in [5.74, 6) is 2.86. The molecular formula is C16H32N2. The van der Waals surface area contributed by atoms with Crippen molar-refractivity contribution in [2.45, 2.75) is 58.4 Å². The summed E-state index contributed by atoms with van der Waals surface area (Å²) in [4.78, 5) is 2.81. The highest BCUT2D eigenvalue weighted by molar-refractivity contribution is 4.86. The molecule has 1 heterocycles. The average molecular weight is 252 g/mol. The summed E-state index contributed by atoms with van der Waals surface area (Å²) in [5, 5.41) is 3.29. The highest BCUT2D eigenvalue weighted by atomic mass is 15.2. The van der Waals surface area contributed by atoms with Gasteiger partial charge in [-0.05, 0) is 83.0 Å². The van der Waals surface area contributed by atoms with Crippen molar-refractivity contribution in [2.24, 2.45) is 17.8 Å². The van der Waals surface area contributed by atoms with Crippen LogP contribution in [0.1, 0.15) is 52.4 Å². The van der Waals surface area contributed by atoms with Crippen LogP contribution < -0.4 is 5.32 Å². The van der Waals surface area contributed by atoms with Crippen molar-refractivity contribution >= 4 is 0 Å². The molecule has 18 heavy (non-hydrogen) atoms. The molecule has 3 unspecified atom stereocenters. The van der Waals surface area contributed by atoms with Gasteiger partial charge in [0.2, 0.25) is 0 Å². The van der Waals surface area contributed by atoms with Crippen LogP contribution >= 0.6 is 0 Å². The third kappa shape index (κ3) is 3.71. The molecule has 1 aliphatic carbocycles. The quantitative estimate of drug-likeness (QED) is 0.827. The van der Waals surface area contributed by atoms with Crippen LogP contribution in [0.3, 0.4) is 0 Å². The molecular weight excluding hydrogens is 220 g/mol. The van der Waals surface area contributed by atoms with Gasteiger partial charge in [0.15, 0.2) is 0 Å². The zero-order chi connectivity index (χ0) is 13.0. The minimum Gasteiger partial charge on any atom is -0.320 e. The first-order valence-corrected chi connectivity index (χ1v) is 8.09. The Balaban J connectivity index is 1.75. The standard InChI is InChI=1S/C16H32N2/c1-13-4-5-16(14(2)12-13)18-10-7-15(8-11-18)6-9-17-3/h13-17H,4-12H2,1-3H3. The number of piperidine rings is 1. The lowest BCUT2D eigenvalue weighted by Gasteiger charge is -2.43. The molecule has 1 N–H and O–H groups in total. The van der Waals surface area contributed by atoms with Crippen LogP contribution in [0.25, 0.3) is 0 Å². The molecule has 0 aromatic rings. The van der Waals surface area contributed by atoms with E-state index in [0.717, 1.165) is 23.8 Å². The summed E-state index contributed by atoms with van der Waals surface area (Å²) in [6, 6.07) is 0.895. The predicted octanol–water partition coefficient (Wildman–Crippen LogP) is 3.13. The Morgan fingerprint density at radius 2 is 1.78 bits per heavy atom. The van der Waals surface area contributed by atoms with Gasteiger partial charge < -0.3 is 10.2 Å². The Morgan fingerprint density at radius 1 is 1.06 bits per heavy atom. The fourth-order valence-corrected chi connectivity index (χ4v) is 4.11. The van der Waals surface area contributed by atoms with Crippen LogP contribution in [-0.2, 0) is 0 Å². The van der Waals surface area contributed by atoms with Crippen molar-refractivity contribution in [1.29, 1.82) is 0 Å². The molecule has 2 heteroatoms. The van der Waals surface area contributed by atoms with Crippen LogP contribution in [-0.4, -0.2) is 37.6 Å². The van der Waals surface area contributed by atoms with Gasteiger partial charge in [0.25, 0.3) is 0 Å². The van der Waals surface area contributed by atoms with E-state index in [1.165, 1.54) is 58.2 Å². The van der Waals surface area contributed by atoms with E-state index in [1.807, 2.05) is 0 Å². The Bertz CT molecular complexity index is 233. The van der Waals surface area contributed by atoms with Crippen LogP contribution in [0.2, 0.25) is 0 Å². The average Bonchev–Trinajstić information content (AvgIpc) is 2.37. The Kier molecular flexibility index (Phi) is 5.50. The molecule has 0 aromatic carbocycles. The minimum absolute atomic E-state index is 0.895. The van der Waals surface area contributed by atoms with E-state index in [9.17, 15) is 0 Å². The van der Waals surface area contributed by atoms with Gasteiger partial charge in [-0.15, -0.1) is 0 Å². The monoisotopic (exact) mass is 252 g/mol. The van der Waals surface area contributed by atoms with Gasteiger partial charge in [-0.25, -0.2) is 0 Å². The number of hydrogen-bond donors (Lipinski definition) is 1. The molecule has 1 aliphatic heterocycles. The zero-order valence-corrected chi connectivity index (χ0v) is 12.6. The molecule has 106 valence electrons. The van der Waals surface area contributed by atoms with E-state index >= 15 is 0 Å². The molecule has 0 spiro atoms. The number of likely N-dealkylation sites (tertiary alicyclic amines) is 1. The van der Waals surface area contributed by atoms with E-state index in [4.69, 9.17) is 0 Å². The summed E-state index contributed by atoms with van der Waals surface area (Å²) < 4.78 is 0. The fraction of sp³-hybridized carbons (Fsp3) is 1.00. The fourth-order valence-electron chi connectivity index (χ4n) is 4.11. The molecule has 0 radical (unpaired) electrons. The number of nitrogens with one attached hydrogen (secondary N) is 1. The maximum absolute atomic E-state index is 3.29. The maximum Gasteiger partial charge on any atom is 0.0121 e. The molecule has 0 aromatic heterocycles. The SMILES string of the molecule is CNCCC1CCN(C2CCC(C)CC2C)CC1.